The fraction of sp³-hybridized carbons (Fsp3) is 0.415. The van der Waals surface area contributed by atoms with Gasteiger partial charge in [0.05, 0.1) is 35.2 Å². The molecule has 0 aliphatic carbocycles. The van der Waals surface area contributed by atoms with Crippen molar-refractivity contribution in [1.82, 2.24) is 9.55 Å². The normalized spacial score (nSPS) is 12.0. The van der Waals surface area contributed by atoms with Crippen LogP contribution in [0.25, 0.3) is 17.2 Å². The minimum Gasteiger partial charge on any atom is -0.491 e. The first kappa shape index (κ1) is 38.6. The van der Waals surface area contributed by atoms with Gasteiger partial charge < -0.3 is 24.3 Å². The Morgan fingerprint density at radius 3 is 2.40 bits per heavy atom. The van der Waals surface area contributed by atoms with Crippen LogP contribution in [0.3, 0.4) is 0 Å². The molecule has 1 atom stereocenters. The van der Waals surface area contributed by atoms with Crippen LogP contribution < -0.4 is 15.0 Å². The second-order valence-electron chi connectivity index (χ2n) is 12.9. The lowest BCUT2D eigenvalue weighted by atomic mass is 10.00. The number of unbranched alkanes of at least 4 members (excludes halogenated alkanes) is 1. The van der Waals surface area contributed by atoms with Crippen molar-refractivity contribution >= 4 is 34.2 Å². The Labute approximate surface area is 301 Å². The van der Waals surface area contributed by atoms with Crippen molar-refractivity contribution in [3.8, 4) is 16.9 Å². The number of nitrogens with one attached hydrogen (secondary N) is 1. The Kier molecular flexibility index (Phi) is 15.8. The monoisotopic (exact) mass is 698 g/mol. The molecule has 268 valence electrons. The number of ether oxygens (including phenoxy) is 2. The summed E-state index contributed by atoms with van der Waals surface area (Å²) in [5.74, 6) is 1.46. The zero-order valence-corrected chi connectivity index (χ0v) is 31.2. The van der Waals surface area contributed by atoms with Crippen molar-refractivity contribution in [2.75, 3.05) is 43.1 Å². The van der Waals surface area contributed by atoms with Crippen molar-refractivity contribution in [2.45, 2.75) is 77.5 Å². The summed E-state index contributed by atoms with van der Waals surface area (Å²) in [6, 6.07) is 21.8. The molecule has 8 nitrogen and oxygen atoms in total. The molecule has 3 aromatic carbocycles. The Balaban J connectivity index is 1.46. The number of hydrogen-bond acceptors (Lipinski definition) is 6. The van der Waals surface area contributed by atoms with Gasteiger partial charge in [-0.25, -0.2) is 4.98 Å². The number of aryl methyl sites for hydroxylation is 1. The molecule has 1 aromatic heterocycles. The third-order valence-corrected chi connectivity index (χ3v) is 9.47. The van der Waals surface area contributed by atoms with Gasteiger partial charge in [0.15, 0.2) is 0 Å². The number of carbonyl (C=O) groups excluding carboxylic acids is 1. The highest BCUT2D eigenvalue weighted by Gasteiger charge is 2.14. The number of benzene rings is 3. The van der Waals surface area contributed by atoms with Gasteiger partial charge in [-0.2, -0.15) is 0 Å². The number of hydrogen-bond donors (Lipinski definition) is 1. The molecule has 0 radical (unpaired) electrons. The van der Waals surface area contributed by atoms with Crippen LogP contribution in [0.4, 0.5) is 11.4 Å². The number of carbonyl (C=O) groups is 1. The minimum atomic E-state index is -1.22. The van der Waals surface area contributed by atoms with Crippen molar-refractivity contribution in [3.63, 3.8) is 0 Å². The summed E-state index contributed by atoms with van der Waals surface area (Å²) >= 11 is 0. The standard InChI is InChI=1S/C41H54N4O4S/c1-6-9-24-48-25-26-49-38-16-10-33(11-17-38)34-12-20-40(44(22-7-2)29-32(4)5)35(27-34)13-21-41(46)43-36-14-18-39(19-15-36)50(47)30-37-28-42-31-45(37)23-8-3/h10-21,27-28,31-32H,6-9,22-26,29-30H2,1-5H3,(H,43,46). The zero-order valence-electron chi connectivity index (χ0n) is 30.4. The van der Waals surface area contributed by atoms with E-state index < -0.39 is 10.8 Å². The Morgan fingerprint density at radius 2 is 1.70 bits per heavy atom. The van der Waals surface area contributed by atoms with Gasteiger partial charge in [-0.15, -0.1) is 0 Å². The molecule has 0 bridgehead atoms. The van der Waals surface area contributed by atoms with Gasteiger partial charge in [-0.1, -0.05) is 59.2 Å². The molecule has 1 unspecified atom stereocenters. The maximum atomic E-state index is 13.1. The molecule has 4 rings (SSSR count). The maximum absolute atomic E-state index is 13.1. The van der Waals surface area contributed by atoms with E-state index in [4.69, 9.17) is 9.47 Å². The van der Waals surface area contributed by atoms with Crippen LogP contribution >= 0.6 is 0 Å². The van der Waals surface area contributed by atoms with Gasteiger partial charge in [0.2, 0.25) is 5.91 Å². The summed E-state index contributed by atoms with van der Waals surface area (Å²) in [5.41, 5.74) is 5.80. The molecule has 0 aliphatic rings. The average molecular weight is 699 g/mol. The fourth-order valence-corrected chi connectivity index (χ4v) is 6.77. The molecule has 4 aromatic rings. The van der Waals surface area contributed by atoms with Crippen molar-refractivity contribution in [3.05, 3.63) is 96.6 Å². The van der Waals surface area contributed by atoms with E-state index in [1.54, 1.807) is 30.7 Å². The third kappa shape index (κ3) is 12.0. The van der Waals surface area contributed by atoms with Gasteiger partial charge >= 0.3 is 0 Å². The molecule has 1 heterocycles. The lowest BCUT2D eigenvalue weighted by Crippen LogP contribution is -2.29. The van der Waals surface area contributed by atoms with Crippen LogP contribution in [-0.4, -0.2) is 52.6 Å². The predicted molar refractivity (Wildman–Crippen MR) is 207 cm³/mol. The summed E-state index contributed by atoms with van der Waals surface area (Å²) < 4.78 is 26.6. The lowest BCUT2D eigenvalue weighted by molar-refractivity contribution is -0.111. The fourth-order valence-electron chi connectivity index (χ4n) is 5.65. The molecule has 50 heavy (non-hydrogen) atoms. The second-order valence-corrected chi connectivity index (χ2v) is 14.3. The molecule has 0 saturated heterocycles. The van der Waals surface area contributed by atoms with Crippen LogP contribution in [0, 0.1) is 5.92 Å². The van der Waals surface area contributed by atoms with E-state index in [1.165, 1.54) is 0 Å². The number of aromatic nitrogens is 2. The van der Waals surface area contributed by atoms with Crippen LogP contribution in [-0.2, 0) is 32.6 Å². The average Bonchev–Trinajstić information content (AvgIpc) is 3.55. The summed E-state index contributed by atoms with van der Waals surface area (Å²) in [4.78, 5) is 20.5. The Bertz CT molecular complexity index is 1660. The van der Waals surface area contributed by atoms with Crippen molar-refractivity contribution in [1.29, 1.82) is 0 Å². The summed E-state index contributed by atoms with van der Waals surface area (Å²) in [7, 11) is -1.22. The second kappa shape index (κ2) is 20.5. The molecular weight excluding hydrogens is 645 g/mol. The first-order valence-corrected chi connectivity index (χ1v) is 19.3. The van der Waals surface area contributed by atoms with Gasteiger partial charge in [0, 0.05) is 54.8 Å². The first-order chi connectivity index (χ1) is 24.3. The SMILES string of the molecule is CCCCOCCOc1ccc(-c2ccc(N(CCC)CC(C)C)c(C=CC(=O)Nc3ccc(S(=O)Cc4cncn4CCC)cc3)c2)cc1. The lowest BCUT2D eigenvalue weighted by Gasteiger charge is -2.28. The largest absolute Gasteiger partial charge is 0.491 e. The topological polar surface area (TPSA) is 85.7 Å². The van der Waals surface area contributed by atoms with E-state index >= 15 is 0 Å². The van der Waals surface area contributed by atoms with E-state index in [9.17, 15) is 9.00 Å². The van der Waals surface area contributed by atoms with E-state index in [2.05, 4.69) is 80.2 Å². The van der Waals surface area contributed by atoms with Crippen LogP contribution in [0.5, 0.6) is 5.75 Å². The highest BCUT2D eigenvalue weighted by Crippen LogP contribution is 2.31. The van der Waals surface area contributed by atoms with Crippen molar-refractivity contribution < 1.29 is 18.5 Å². The van der Waals surface area contributed by atoms with Gasteiger partial charge in [0.1, 0.15) is 12.4 Å². The molecule has 0 fully saturated rings. The highest BCUT2D eigenvalue weighted by molar-refractivity contribution is 7.84. The molecule has 1 N–H and O–H groups in total. The summed E-state index contributed by atoms with van der Waals surface area (Å²) in [6.45, 7) is 15.5. The van der Waals surface area contributed by atoms with Crippen LogP contribution in [0.2, 0.25) is 0 Å². The molecular formula is C41H54N4O4S. The number of imidazole rings is 1. The smallest absolute Gasteiger partial charge is 0.248 e. The third-order valence-electron chi connectivity index (χ3n) is 8.11. The zero-order chi connectivity index (χ0) is 35.7. The minimum absolute atomic E-state index is 0.232. The molecule has 1 amide bonds. The van der Waals surface area contributed by atoms with Crippen LogP contribution in [0.15, 0.2) is 90.2 Å². The molecule has 9 heteroatoms. The first-order valence-electron chi connectivity index (χ1n) is 18.0. The van der Waals surface area contributed by atoms with E-state index in [0.29, 0.717) is 35.5 Å². The highest BCUT2D eigenvalue weighted by atomic mass is 32.2. The molecule has 0 aliphatic heterocycles. The van der Waals surface area contributed by atoms with Gasteiger partial charge in [-0.3, -0.25) is 9.00 Å². The van der Waals surface area contributed by atoms with Crippen LogP contribution in [0.1, 0.15) is 71.6 Å². The number of nitrogens with zero attached hydrogens (tertiary/aromatic N) is 3. The quantitative estimate of drug-likeness (QED) is 0.0691. The predicted octanol–water partition coefficient (Wildman–Crippen LogP) is 8.99. The molecule has 0 spiro atoms. The number of anilines is 2. The molecule has 0 saturated carbocycles. The van der Waals surface area contributed by atoms with E-state index in [-0.39, 0.29) is 5.91 Å². The number of amides is 1. The maximum Gasteiger partial charge on any atom is 0.248 e. The Morgan fingerprint density at radius 1 is 0.940 bits per heavy atom. The summed E-state index contributed by atoms with van der Waals surface area (Å²) in [6.07, 6.45) is 11.2. The van der Waals surface area contributed by atoms with Gasteiger partial charge in [0.25, 0.3) is 0 Å². The van der Waals surface area contributed by atoms with Crippen molar-refractivity contribution in [2.24, 2.45) is 5.92 Å². The number of rotatable bonds is 21. The summed E-state index contributed by atoms with van der Waals surface area (Å²) in [5, 5.41) is 2.96. The Hall–Kier alpha value is -4.21. The van der Waals surface area contributed by atoms with E-state index in [0.717, 1.165) is 85.7 Å². The van der Waals surface area contributed by atoms with Gasteiger partial charge in [-0.05, 0) is 96.5 Å². The van der Waals surface area contributed by atoms with E-state index in [1.807, 2.05) is 34.9 Å².